The SMILES string of the molecule is CC(C)c1[nH]c2ncccc2c1CN1C[C@H](C)C[C@@H](C)C1. The number of aromatic nitrogens is 2. The van der Waals surface area contributed by atoms with Gasteiger partial charge in [0.1, 0.15) is 5.65 Å². The molecule has 2 atom stereocenters. The van der Waals surface area contributed by atoms with Gasteiger partial charge >= 0.3 is 0 Å². The number of hydrogen-bond acceptors (Lipinski definition) is 2. The van der Waals surface area contributed by atoms with Crippen molar-refractivity contribution in [2.75, 3.05) is 13.1 Å². The molecule has 0 amide bonds. The van der Waals surface area contributed by atoms with Gasteiger partial charge in [-0.05, 0) is 41.9 Å². The quantitative estimate of drug-likeness (QED) is 0.918. The van der Waals surface area contributed by atoms with E-state index in [0.717, 1.165) is 24.0 Å². The maximum atomic E-state index is 4.49. The van der Waals surface area contributed by atoms with Crippen LogP contribution in [0, 0.1) is 11.8 Å². The van der Waals surface area contributed by atoms with Crippen LogP contribution >= 0.6 is 0 Å². The Morgan fingerprint density at radius 1 is 1.29 bits per heavy atom. The van der Waals surface area contributed by atoms with Gasteiger partial charge in [0, 0.05) is 36.9 Å². The van der Waals surface area contributed by atoms with Crippen molar-refractivity contribution >= 4 is 11.0 Å². The largest absolute Gasteiger partial charge is 0.343 e. The highest BCUT2D eigenvalue weighted by atomic mass is 15.1. The van der Waals surface area contributed by atoms with Gasteiger partial charge in [-0.15, -0.1) is 0 Å². The zero-order valence-electron chi connectivity index (χ0n) is 13.7. The third-order valence-electron chi connectivity index (χ3n) is 4.61. The van der Waals surface area contributed by atoms with Crippen LogP contribution in [-0.2, 0) is 6.54 Å². The van der Waals surface area contributed by atoms with Gasteiger partial charge in [-0.2, -0.15) is 0 Å². The standard InChI is InChI=1S/C18H27N3/c1-12(2)17-16(15-6-5-7-19-18(15)20-17)11-21-9-13(3)8-14(4)10-21/h5-7,12-14H,8-11H2,1-4H3,(H,19,20)/t13-,14-/m1/s1. The number of fused-ring (bicyclic) bond motifs is 1. The van der Waals surface area contributed by atoms with E-state index in [1.54, 1.807) is 0 Å². The summed E-state index contributed by atoms with van der Waals surface area (Å²) >= 11 is 0. The van der Waals surface area contributed by atoms with Crippen molar-refractivity contribution in [3.05, 3.63) is 29.6 Å². The van der Waals surface area contributed by atoms with Gasteiger partial charge in [-0.3, -0.25) is 4.90 Å². The van der Waals surface area contributed by atoms with E-state index in [-0.39, 0.29) is 0 Å². The van der Waals surface area contributed by atoms with Crippen molar-refractivity contribution in [2.45, 2.75) is 46.6 Å². The molecule has 3 nitrogen and oxygen atoms in total. The van der Waals surface area contributed by atoms with Crippen LogP contribution in [0.4, 0.5) is 0 Å². The molecule has 0 saturated carbocycles. The number of nitrogens with zero attached hydrogens (tertiary/aromatic N) is 2. The average Bonchev–Trinajstić information content (AvgIpc) is 2.77. The number of hydrogen-bond donors (Lipinski definition) is 1. The van der Waals surface area contributed by atoms with Crippen LogP contribution in [0.25, 0.3) is 11.0 Å². The van der Waals surface area contributed by atoms with Crippen LogP contribution in [0.5, 0.6) is 0 Å². The number of rotatable bonds is 3. The molecule has 3 heterocycles. The second-order valence-corrected chi connectivity index (χ2v) is 7.21. The fraction of sp³-hybridized carbons (Fsp3) is 0.611. The molecule has 0 aromatic carbocycles. The highest BCUT2D eigenvalue weighted by molar-refractivity contribution is 5.81. The Balaban J connectivity index is 1.93. The molecular formula is C18H27N3. The smallest absolute Gasteiger partial charge is 0.137 e. The third-order valence-corrected chi connectivity index (χ3v) is 4.61. The summed E-state index contributed by atoms with van der Waals surface area (Å²) in [5.41, 5.74) is 3.85. The minimum absolute atomic E-state index is 0.508. The third kappa shape index (κ3) is 2.98. The van der Waals surface area contributed by atoms with Crippen LogP contribution in [0.3, 0.4) is 0 Å². The molecule has 1 aliphatic heterocycles. The first-order valence-electron chi connectivity index (χ1n) is 8.22. The molecule has 0 aliphatic carbocycles. The molecule has 0 bridgehead atoms. The summed E-state index contributed by atoms with van der Waals surface area (Å²) in [4.78, 5) is 10.7. The minimum Gasteiger partial charge on any atom is -0.343 e. The molecule has 0 unspecified atom stereocenters. The zero-order valence-corrected chi connectivity index (χ0v) is 13.7. The molecule has 2 aromatic rings. The Hall–Kier alpha value is -1.35. The monoisotopic (exact) mass is 285 g/mol. The molecular weight excluding hydrogens is 258 g/mol. The number of likely N-dealkylation sites (tertiary alicyclic amines) is 1. The molecule has 1 fully saturated rings. The second-order valence-electron chi connectivity index (χ2n) is 7.21. The van der Waals surface area contributed by atoms with E-state index in [4.69, 9.17) is 0 Å². The van der Waals surface area contributed by atoms with Crippen molar-refractivity contribution in [2.24, 2.45) is 11.8 Å². The Bertz CT molecular complexity index is 604. The molecule has 2 aromatic heterocycles. The van der Waals surface area contributed by atoms with Crippen molar-refractivity contribution in [3.63, 3.8) is 0 Å². The van der Waals surface area contributed by atoms with Crippen LogP contribution in [0.2, 0.25) is 0 Å². The van der Waals surface area contributed by atoms with Crippen molar-refractivity contribution in [1.82, 2.24) is 14.9 Å². The number of nitrogens with one attached hydrogen (secondary N) is 1. The molecule has 3 rings (SSSR count). The van der Waals surface area contributed by atoms with Crippen LogP contribution < -0.4 is 0 Å². The molecule has 1 saturated heterocycles. The summed E-state index contributed by atoms with van der Waals surface area (Å²) < 4.78 is 0. The van der Waals surface area contributed by atoms with Gasteiger partial charge < -0.3 is 4.98 Å². The van der Waals surface area contributed by atoms with Crippen molar-refractivity contribution in [1.29, 1.82) is 0 Å². The van der Waals surface area contributed by atoms with Gasteiger partial charge in [0.2, 0.25) is 0 Å². The normalized spacial score (nSPS) is 24.0. The van der Waals surface area contributed by atoms with Crippen molar-refractivity contribution < 1.29 is 0 Å². The van der Waals surface area contributed by atoms with E-state index in [1.807, 2.05) is 12.3 Å². The molecule has 21 heavy (non-hydrogen) atoms. The average molecular weight is 285 g/mol. The molecule has 114 valence electrons. The lowest BCUT2D eigenvalue weighted by Gasteiger charge is -2.35. The Morgan fingerprint density at radius 2 is 2.00 bits per heavy atom. The van der Waals surface area contributed by atoms with Gasteiger partial charge in [-0.1, -0.05) is 27.7 Å². The highest BCUT2D eigenvalue weighted by Gasteiger charge is 2.24. The Morgan fingerprint density at radius 3 is 2.67 bits per heavy atom. The van der Waals surface area contributed by atoms with E-state index in [9.17, 15) is 0 Å². The molecule has 1 aliphatic rings. The zero-order chi connectivity index (χ0) is 15.0. The summed E-state index contributed by atoms with van der Waals surface area (Å²) in [6.07, 6.45) is 3.24. The predicted octanol–water partition coefficient (Wildman–Crippen LogP) is 4.16. The van der Waals surface area contributed by atoms with E-state index in [2.05, 4.69) is 48.6 Å². The lowest BCUT2D eigenvalue weighted by Crippen LogP contribution is -2.38. The molecule has 1 N–H and O–H groups in total. The van der Waals surface area contributed by atoms with E-state index in [1.165, 1.54) is 36.2 Å². The summed E-state index contributed by atoms with van der Waals surface area (Å²) in [7, 11) is 0. The highest BCUT2D eigenvalue weighted by Crippen LogP contribution is 2.30. The lowest BCUT2D eigenvalue weighted by atomic mass is 9.91. The topological polar surface area (TPSA) is 31.9 Å². The minimum atomic E-state index is 0.508. The number of aromatic amines is 1. The van der Waals surface area contributed by atoms with E-state index in [0.29, 0.717) is 5.92 Å². The van der Waals surface area contributed by atoms with Crippen LogP contribution in [-0.4, -0.2) is 28.0 Å². The molecule has 0 radical (unpaired) electrons. The Kier molecular flexibility index (Phi) is 4.03. The first-order chi connectivity index (χ1) is 10.0. The van der Waals surface area contributed by atoms with E-state index < -0.39 is 0 Å². The Labute approximate surface area is 127 Å². The summed E-state index contributed by atoms with van der Waals surface area (Å²) in [6, 6.07) is 4.25. The number of pyridine rings is 1. The summed E-state index contributed by atoms with van der Waals surface area (Å²) in [5.74, 6) is 2.12. The fourth-order valence-corrected chi connectivity index (χ4v) is 3.90. The van der Waals surface area contributed by atoms with E-state index >= 15 is 0 Å². The van der Waals surface area contributed by atoms with Crippen LogP contribution in [0.15, 0.2) is 18.3 Å². The number of H-pyrrole nitrogens is 1. The maximum absolute atomic E-state index is 4.49. The number of piperidine rings is 1. The van der Waals surface area contributed by atoms with Crippen molar-refractivity contribution in [3.8, 4) is 0 Å². The van der Waals surface area contributed by atoms with Gasteiger partial charge in [-0.25, -0.2) is 4.98 Å². The summed E-state index contributed by atoms with van der Waals surface area (Å²) in [6.45, 7) is 12.8. The van der Waals surface area contributed by atoms with Gasteiger partial charge in [0.15, 0.2) is 0 Å². The second kappa shape index (κ2) is 5.80. The first kappa shape index (κ1) is 14.6. The molecule has 0 spiro atoms. The van der Waals surface area contributed by atoms with Gasteiger partial charge in [0.05, 0.1) is 0 Å². The summed E-state index contributed by atoms with van der Waals surface area (Å²) in [5, 5.41) is 1.30. The fourth-order valence-electron chi connectivity index (χ4n) is 3.90. The van der Waals surface area contributed by atoms with Crippen LogP contribution in [0.1, 0.15) is 51.3 Å². The lowest BCUT2D eigenvalue weighted by molar-refractivity contribution is 0.134. The van der Waals surface area contributed by atoms with Gasteiger partial charge in [0.25, 0.3) is 0 Å². The maximum Gasteiger partial charge on any atom is 0.137 e. The predicted molar refractivity (Wildman–Crippen MR) is 88.4 cm³/mol. The molecule has 3 heteroatoms. The first-order valence-corrected chi connectivity index (χ1v) is 8.22.